The number of hydrogen-bond donors (Lipinski definition) is 1. The number of allylic oxidation sites excluding steroid dienone is 2. The summed E-state index contributed by atoms with van der Waals surface area (Å²) in [6.07, 6.45) is 8.33. The van der Waals surface area contributed by atoms with Gasteiger partial charge in [0.05, 0.1) is 23.6 Å². The number of nitrogens with one attached hydrogen (secondary N) is 1. The molecule has 2 aliphatic rings. The fourth-order valence-corrected chi connectivity index (χ4v) is 4.72. The number of H-pyrrole nitrogens is 1. The average Bonchev–Trinajstić information content (AvgIpc) is 3.19. The number of benzene rings is 2. The largest absolute Gasteiger partial charge is 0.462 e. The molecule has 5 rings (SSSR count). The first-order valence-corrected chi connectivity index (χ1v) is 10.8. The Hall–Kier alpha value is -3.14. The Bertz CT molecular complexity index is 1110. The van der Waals surface area contributed by atoms with E-state index >= 15 is 0 Å². The molecule has 0 unspecified atom stereocenters. The van der Waals surface area contributed by atoms with Crippen molar-refractivity contribution < 1.29 is 9.53 Å². The van der Waals surface area contributed by atoms with Gasteiger partial charge in [-0.2, -0.15) is 0 Å². The highest BCUT2D eigenvalue weighted by molar-refractivity contribution is 6.06. The van der Waals surface area contributed by atoms with Crippen LogP contribution in [-0.4, -0.2) is 29.8 Å². The van der Waals surface area contributed by atoms with E-state index in [2.05, 4.69) is 41.4 Å². The molecule has 0 saturated carbocycles. The van der Waals surface area contributed by atoms with Crippen LogP contribution in [-0.2, 0) is 11.2 Å². The Morgan fingerprint density at radius 1 is 1.00 bits per heavy atom. The molecular weight excluding hydrogens is 372 g/mol. The number of aliphatic imine (C=N–C) groups is 1. The van der Waals surface area contributed by atoms with Crippen LogP contribution in [0.5, 0.6) is 0 Å². The van der Waals surface area contributed by atoms with Gasteiger partial charge in [0, 0.05) is 23.4 Å². The number of hydrogen-bond acceptors (Lipinski definition) is 3. The van der Waals surface area contributed by atoms with E-state index in [1.54, 1.807) is 12.1 Å². The summed E-state index contributed by atoms with van der Waals surface area (Å²) in [6, 6.07) is 17.7. The average molecular weight is 399 g/mol. The third kappa shape index (κ3) is 3.70. The van der Waals surface area contributed by atoms with Gasteiger partial charge in [0.25, 0.3) is 0 Å². The minimum absolute atomic E-state index is 0.239. The standard InChI is InChI=1S/C26H26N2O2/c29-26(18-8-2-1-3-9-18)30-17-20-11-5-4-10-19(20)16-24-25-22(14-15-27-24)21-12-6-7-13-23(21)28-25/h1-9,12-13,19-20,28H,10-11,14-17H2/t19-,20+/m0/s1. The van der Waals surface area contributed by atoms with E-state index in [0.717, 1.165) is 32.2 Å². The Kier molecular flexibility index (Phi) is 5.22. The SMILES string of the molecule is O=C(OC[C@H]1CC=CC[C@H]1CC1=NCCc2c1[nH]c1ccccc21)c1ccccc1. The van der Waals surface area contributed by atoms with Gasteiger partial charge in [-0.05, 0) is 55.4 Å². The van der Waals surface area contributed by atoms with Gasteiger partial charge < -0.3 is 9.72 Å². The van der Waals surface area contributed by atoms with Gasteiger partial charge in [-0.3, -0.25) is 4.99 Å². The summed E-state index contributed by atoms with van der Waals surface area (Å²) in [5.74, 6) is 0.506. The van der Waals surface area contributed by atoms with Gasteiger partial charge in [0.2, 0.25) is 0 Å². The molecule has 0 amide bonds. The summed E-state index contributed by atoms with van der Waals surface area (Å²) in [6.45, 7) is 1.30. The second-order valence-corrected chi connectivity index (χ2v) is 8.23. The molecule has 4 heteroatoms. The van der Waals surface area contributed by atoms with Crippen LogP contribution in [0.2, 0.25) is 0 Å². The van der Waals surface area contributed by atoms with Gasteiger partial charge in [-0.1, -0.05) is 48.6 Å². The number of carbonyl (C=O) groups is 1. The molecule has 1 aliphatic heterocycles. The number of rotatable bonds is 5. The van der Waals surface area contributed by atoms with Gasteiger partial charge >= 0.3 is 5.97 Å². The van der Waals surface area contributed by atoms with Gasteiger partial charge in [0.1, 0.15) is 0 Å². The zero-order valence-electron chi connectivity index (χ0n) is 17.0. The van der Waals surface area contributed by atoms with E-state index in [-0.39, 0.29) is 5.97 Å². The topological polar surface area (TPSA) is 54.4 Å². The first-order chi connectivity index (χ1) is 14.8. The molecule has 3 aromatic rings. The number of esters is 1. The smallest absolute Gasteiger partial charge is 0.338 e. The van der Waals surface area contributed by atoms with E-state index in [1.807, 2.05) is 18.2 Å². The van der Waals surface area contributed by atoms with Crippen LogP contribution in [0.15, 0.2) is 71.7 Å². The van der Waals surface area contributed by atoms with Crippen LogP contribution in [0.3, 0.4) is 0 Å². The van der Waals surface area contributed by atoms with E-state index in [9.17, 15) is 4.79 Å². The maximum atomic E-state index is 12.4. The fraction of sp³-hybridized carbons (Fsp3) is 0.308. The molecule has 0 bridgehead atoms. The molecule has 1 aliphatic carbocycles. The number of fused-ring (bicyclic) bond motifs is 3. The Morgan fingerprint density at radius 2 is 1.77 bits per heavy atom. The first kappa shape index (κ1) is 18.9. The number of aromatic amines is 1. The second-order valence-electron chi connectivity index (χ2n) is 8.23. The van der Waals surface area contributed by atoms with Crippen LogP contribution in [0.1, 0.15) is 40.9 Å². The number of carbonyl (C=O) groups excluding carboxylic acids is 1. The Labute approximate surface area is 176 Å². The summed E-state index contributed by atoms with van der Waals surface area (Å²) >= 11 is 0. The van der Waals surface area contributed by atoms with Crippen LogP contribution < -0.4 is 0 Å². The zero-order chi connectivity index (χ0) is 20.3. The number of aromatic nitrogens is 1. The molecule has 1 N–H and O–H groups in total. The summed E-state index contributed by atoms with van der Waals surface area (Å²) in [4.78, 5) is 20.9. The van der Waals surface area contributed by atoms with Gasteiger partial charge in [-0.25, -0.2) is 4.79 Å². The fourth-order valence-electron chi connectivity index (χ4n) is 4.72. The highest BCUT2D eigenvalue weighted by Crippen LogP contribution is 2.33. The highest BCUT2D eigenvalue weighted by Gasteiger charge is 2.28. The normalized spacial score (nSPS) is 20.6. The number of nitrogens with zero attached hydrogens (tertiary/aromatic N) is 1. The van der Waals surface area contributed by atoms with Crippen LogP contribution >= 0.6 is 0 Å². The predicted octanol–water partition coefficient (Wildman–Crippen LogP) is 5.34. The first-order valence-electron chi connectivity index (χ1n) is 10.8. The zero-order valence-corrected chi connectivity index (χ0v) is 17.0. The second kappa shape index (κ2) is 8.31. The quantitative estimate of drug-likeness (QED) is 0.466. The Morgan fingerprint density at radius 3 is 2.63 bits per heavy atom. The van der Waals surface area contributed by atoms with Gasteiger partial charge in [-0.15, -0.1) is 0 Å². The lowest BCUT2D eigenvalue weighted by Crippen LogP contribution is -2.27. The molecular formula is C26H26N2O2. The molecule has 152 valence electrons. The van der Waals surface area contributed by atoms with Crippen LogP contribution in [0.25, 0.3) is 10.9 Å². The number of ether oxygens (including phenoxy) is 1. The lowest BCUT2D eigenvalue weighted by molar-refractivity contribution is 0.0390. The van der Waals surface area contributed by atoms with Crippen molar-refractivity contribution in [1.82, 2.24) is 4.98 Å². The monoisotopic (exact) mass is 398 g/mol. The molecule has 30 heavy (non-hydrogen) atoms. The molecule has 0 spiro atoms. The molecule has 2 atom stereocenters. The van der Waals surface area contributed by atoms with E-state index in [0.29, 0.717) is 24.0 Å². The van der Waals surface area contributed by atoms with Crippen LogP contribution in [0.4, 0.5) is 0 Å². The molecule has 0 fully saturated rings. The maximum Gasteiger partial charge on any atom is 0.338 e. The minimum Gasteiger partial charge on any atom is -0.462 e. The summed E-state index contributed by atoms with van der Waals surface area (Å²) < 4.78 is 5.68. The molecule has 2 heterocycles. The van der Waals surface area contributed by atoms with E-state index in [4.69, 9.17) is 9.73 Å². The minimum atomic E-state index is -0.239. The van der Waals surface area contributed by atoms with Crippen molar-refractivity contribution in [3.63, 3.8) is 0 Å². The van der Waals surface area contributed by atoms with Crippen LogP contribution in [0, 0.1) is 11.8 Å². The predicted molar refractivity (Wildman–Crippen MR) is 120 cm³/mol. The van der Waals surface area contributed by atoms with Crippen molar-refractivity contribution in [2.24, 2.45) is 16.8 Å². The third-order valence-electron chi connectivity index (χ3n) is 6.37. The summed E-state index contributed by atoms with van der Waals surface area (Å²) in [5, 5.41) is 1.32. The molecule has 1 aromatic heterocycles. The lowest BCUT2D eigenvalue weighted by Gasteiger charge is -2.29. The summed E-state index contributed by atoms with van der Waals surface area (Å²) in [5.41, 5.74) is 5.58. The third-order valence-corrected chi connectivity index (χ3v) is 6.37. The Balaban J connectivity index is 1.31. The van der Waals surface area contributed by atoms with E-state index in [1.165, 1.54) is 27.9 Å². The molecule has 2 aromatic carbocycles. The maximum absolute atomic E-state index is 12.4. The number of para-hydroxylation sites is 1. The highest BCUT2D eigenvalue weighted by atomic mass is 16.5. The lowest BCUT2D eigenvalue weighted by atomic mass is 9.79. The molecule has 0 saturated heterocycles. The van der Waals surface area contributed by atoms with Crippen molar-refractivity contribution in [3.05, 3.63) is 83.6 Å². The van der Waals surface area contributed by atoms with Crippen molar-refractivity contribution >= 4 is 22.6 Å². The van der Waals surface area contributed by atoms with Crippen molar-refractivity contribution in [2.45, 2.75) is 25.7 Å². The van der Waals surface area contributed by atoms with E-state index < -0.39 is 0 Å². The molecule has 0 radical (unpaired) electrons. The summed E-state index contributed by atoms with van der Waals surface area (Å²) in [7, 11) is 0. The molecule has 4 nitrogen and oxygen atoms in total. The van der Waals surface area contributed by atoms with Crippen molar-refractivity contribution in [2.75, 3.05) is 13.2 Å². The van der Waals surface area contributed by atoms with Crippen molar-refractivity contribution in [1.29, 1.82) is 0 Å². The van der Waals surface area contributed by atoms with Crippen molar-refractivity contribution in [3.8, 4) is 0 Å². The van der Waals surface area contributed by atoms with Gasteiger partial charge in [0.15, 0.2) is 0 Å².